The highest BCUT2D eigenvalue weighted by Crippen LogP contribution is 2.41. The molecule has 1 aromatic rings. The number of nitrogens with zero attached hydrogens (tertiary/aromatic N) is 1. The third kappa shape index (κ3) is 1.16. The normalized spacial score (nSPS) is 16.8. The van der Waals surface area contributed by atoms with E-state index in [9.17, 15) is 4.79 Å². The van der Waals surface area contributed by atoms with Crippen LogP contribution < -0.4 is 0 Å². The predicted octanol–water partition coefficient (Wildman–Crippen LogP) is 1.93. The van der Waals surface area contributed by atoms with Crippen molar-refractivity contribution in [2.75, 3.05) is 0 Å². The van der Waals surface area contributed by atoms with E-state index >= 15 is 0 Å². The first kappa shape index (κ1) is 6.85. The van der Waals surface area contributed by atoms with E-state index in [4.69, 9.17) is 16.0 Å². The minimum Gasteiger partial charge on any atom is -0.447 e. The molecular formula is C7H6ClNO2. The summed E-state index contributed by atoms with van der Waals surface area (Å²) in [6.45, 7) is 0. The fraction of sp³-hybridized carbons (Fsp3) is 0.429. The second-order valence-corrected chi connectivity index (χ2v) is 2.96. The third-order valence-corrected chi connectivity index (χ3v) is 1.91. The molecular weight excluding hydrogens is 166 g/mol. The Kier molecular flexibility index (Phi) is 1.46. The highest BCUT2D eigenvalue weighted by molar-refractivity contribution is 6.67. The second-order valence-electron chi connectivity index (χ2n) is 2.61. The van der Waals surface area contributed by atoms with Crippen molar-refractivity contribution in [3.8, 4) is 0 Å². The second kappa shape index (κ2) is 2.34. The van der Waals surface area contributed by atoms with Gasteiger partial charge in [0.15, 0.2) is 12.1 Å². The lowest BCUT2D eigenvalue weighted by Gasteiger charge is -1.89. The Bertz CT molecular complexity index is 290. The van der Waals surface area contributed by atoms with Crippen molar-refractivity contribution in [2.45, 2.75) is 18.8 Å². The number of carbonyl (C=O) groups excluding carboxylic acids is 1. The number of carbonyl (C=O) groups is 1. The van der Waals surface area contributed by atoms with Gasteiger partial charge in [0.1, 0.15) is 5.76 Å². The zero-order valence-corrected chi connectivity index (χ0v) is 6.47. The molecule has 0 aliphatic heterocycles. The van der Waals surface area contributed by atoms with E-state index in [0.29, 0.717) is 11.7 Å². The number of halogens is 1. The van der Waals surface area contributed by atoms with Gasteiger partial charge >= 0.3 is 0 Å². The Morgan fingerprint density at radius 3 is 3.00 bits per heavy atom. The van der Waals surface area contributed by atoms with Crippen LogP contribution >= 0.6 is 11.6 Å². The molecule has 0 N–H and O–H groups in total. The van der Waals surface area contributed by atoms with Crippen LogP contribution in [0.2, 0.25) is 0 Å². The Morgan fingerprint density at radius 2 is 2.45 bits per heavy atom. The quantitative estimate of drug-likeness (QED) is 0.639. The van der Waals surface area contributed by atoms with Gasteiger partial charge in [0.2, 0.25) is 0 Å². The lowest BCUT2D eigenvalue weighted by atomic mass is 10.2. The van der Waals surface area contributed by atoms with Gasteiger partial charge < -0.3 is 4.42 Å². The molecule has 0 aromatic carbocycles. The molecule has 0 unspecified atom stereocenters. The summed E-state index contributed by atoms with van der Waals surface area (Å²) in [5.74, 6) is 1.04. The van der Waals surface area contributed by atoms with Gasteiger partial charge in [-0.2, -0.15) is 0 Å². The van der Waals surface area contributed by atoms with Crippen LogP contribution in [0.25, 0.3) is 0 Å². The van der Waals surface area contributed by atoms with Crippen molar-refractivity contribution < 1.29 is 9.21 Å². The number of oxazole rings is 1. The number of aromatic nitrogens is 1. The smallest absolute Gasteiger partial charge is 0.274 e. The molecule has 0 saturated heterocycles. The molecule has 1 aliphatic rings. The largest absolute Gasteiger partial charge is 0.447 e. The third-order valence-electron chi connectivity index (χ3n) is 1.73. The van der Waals surface area contributed by atoms with Gasteiger partial charge in [0.25, 0.3) is 5.24 Å². The fourth-order valence-corrected chi connectivity index (χ4v) is 1.18. The minimum atomic E-state index is -0.527. The summed E-state index contributed by atoms with van der Waals surface area (Å²) in [6.07, 6.45) is 3.42. The predicted molar refractivity (Wildman–Crippen MR) is 38.7 cm³/mol. The molecule has 3 nitrogen and oxygen atoms in total. The lowest BCUT2D eigenvalue weighted by Crippen LogP contribution is -1.93. The van der Waals surface area contributed by atoms with Crippen molar-refractivity contribution in [3.63, 3.8) is 0 Å². The number of hydrogen-bond donors (Lipinski definition) is 0. The molecule has 0 atom stereocenters. The topological polar surface area (TPSA) is 43.1 Å². The maximum absolute atomic E-state index is 10.7. The minimum absolute atomic E-state index is 0.286. The SMILES string of the molecule is O=C(Cl)c1ncoc1C1CC1. The molecule has 11 heavy (non-hydrogen) atoms. The summed E-state index contributed by atoms with van der Waals surface area (Å²) in [5, 5.41) is -0.527. The summed E-state index contributed by atoms with van der Waals surface area (Å²) in [7, 11) is 0. The van der Waals surface area contributed by atoms with E-state index < -0.39 is 5.24 Å². The van der Waals surface area contributed by atoms with Gasteiger partial charge in [-0.25, -0.2) is 4.98 Å². The molecule has 1 heterocycles. The first-order valence-corrected chi connectivity index (χ1v) is 3.80. The molecule has 0 amide bonds. The molecule has 4 heteroatoms. The average molecular weight is 172 g/mol. The Morgan fingerprint density at radius 1 is 1.73 bits per heavy atom. The summed E-state index contributed by atoms with van der Waals surface area (Å²) in [6, 6.07) is 0. The molecule has 0 bridgehead atoms. The molecule has 1 aliphatic carbocycles. The van der Waals surface area contributed by atoms with Crippen LogP contribution in [-0.4, -0.2) is 10.2 Å². The lowest BCUT2D eigenvalue weighted by molar-refractivity contribution is 0.107. The standard InChI is InChI=1S/C7H6ClNO2/c8-7(10)5-6(4-1-2-4)11-3-9-5/h3-4H,1-2H2. The Hall–Kier alpha value is -0.830. The maximum Gasteiger partial charge on any atom is 0.274 e. The first-order chi connectivity index (χ1) is 5.29. The zero-order valence-electron chi connectivity index (χ0n) is 5.71. The summed E-state index contributed by atoms with van der Waals surface area (Å²) >= 11 is 5.26. The van der Waals surface area contributed by atoms with Gasteiger partial charge in [-0.05, 0) is 24.4 Å². The molecule has 1 saturated carbocycles. The van der Waals surface area contributed by atoms with E-state index in [0.717, 1.165) is 12.8 Å². The zero-order chi connectivity index (χ0) is 7.84. The number of hydrogen-bond acceptors (Lipinski definition) is 3. The molecule has 0 radical (unpaired) electrons. The van der Waals surface area contributed by atoms with E-state index in [1.54, 1.807) is 0 Å². The monoisotopic (exact) mass is 171 g/mol. The van der Waals surface area contributed by atoms with Crippen LogP contribution in [-0.2, 0) is 0 Å². The maximum atomic E-state index is 10.7. The van der Waals surface area contributed by atoms with Crippen molar-refractivity contribution in [1.82, 2.24) is 4.98 Å². The van der Waals surface area contributed by atoms with Crippen LogP contribution in [0.1, 0.15) is 35.0 Å². The highest BCUT2D eigenvalue weighted by Gasteiger charge is 2.31. The molecule has 0 spiro atoms. The van der Waals surface area contributed by atoms with Crippen LogP contribution in [0.4, 0.5) is 0 Å². The Balaban J connectivity index is 2.37. The van der Waals surface area contributed by atoms with Crippen molar-refractivity contribution in [2.24, 2.45) is 0 Å². The van der Waals surface area contributed by atoms with Gasteiger partial charge in [-0.3, -0.25) is 4.79 Å². The van der Waals surface area contributed by atoms with Crippen molar-refractivity contribution >= 4 is 16.8 Å². The summed E-state index contributed by atoms with van der Waals surface area (Å²) in [5.41, 5.74) is 0.286. The Labute approximate surface area is 68.4 Å². The van der Waals surface area contributed by atoms with Crippen LogP contribution in [0.15, 0.2) is 10.8 Å². The van der Waals surface area contributed by atoms with Crippen molar-refractivity contribution in [1.29, 1.82) is 0 Å². The van der Waals surface area contributed by atoms with E-state index in [1.165, 1.54) is 6.39 Å². The first-order valence-electron chi connectivity index (χ1n) is 3.42. The number of rotatable bonds is 2. The van der Waals surface area contributed by atoms with Crippen molar-refractivity contribution in [3.05, 3.63) is 17.8 Å². The van der Waals surface area contributed by atoms with E-state index in [-0.39, 0.29) is 5.69 Å². The van der Waals surface area contributed by atoms with Gasteiger partial charge in [-0.1, -0.05) is 0 Å². The van der Waals surface area contributed by atoms with E-state index in [1.807, 2.05) is 0 Å². The van der Waals surface area contributed by atoms with Gasteiger partial charge in [-0.15, -0.1) is 0 Å². The average Bonchev–Trinajstić information content (AvgIpc) is 2.68. The molecule has 58 valence electrons. The molecule has 1 aromatic heterocycles. The fourth-order valence-electron chi connectivity index (χ4n) is 1.04. The highest BCUT2D eigenvalue weighted by atomic mass is 35.5. The molecule has 2 rings (SSSR count). The van der Waals surface area contributed by atoms with Gasteiger partial charge in [0, 0.05) is 5.92 Å². The van der Waals surface area contributed by atoms with Gasteiger partial charge in [0.05, 0.1) is 0 Å². The summed E-state index contributed by atoms with van der Waals surface area (Å²) in [4.78, 5) is 14.4. The van der Waals surface area contributed by atoms with Crippen LogP contribution in [0.3, 0.4) is 0 Å². The van der Waals surface area contributed by atoms with Crippen LogP contribution in [0.5, 0.6) is 0 Å². The van der Waals surface area contributed by atoms with E-state index in [2.05, 4.69) is 4.98 Å². The van der Waals surface area contributed by atoms with Crippen LogP contribution in [0, 0.1) is 0 Å². The summed E-state index contributed by atoms with van der Waals surface area (Å²) < 4.78 is 5.03. The molecule has 1 fully saturated rings.